The van der Waals surface area contributed by atoms with Gasteiger partial charge in [-0.1, -0.05) is 35.0 Å². The fourth-order valence-corrected chi connectivity index (χ4v) is 4.31. The van der Waals surface area contributed by atoms with E-state index in [0.29, 0.717) is 5.56 Å². The van der Waals surface area contributed by atoms with E-state index in [4.69, 9.17) is 0 Å². The third kappa shape index (κ3) is 3.18. The van der Waals surface area contributed by atoms with Crippen LogP contribution in [0, 0.1) is 5.82 Å². The highest BCUT2D eigenvalue weighted by Crippen LogP contribution is 2.45. The van der Waals surface area contributed by atoms with Crippen molar-refractivity contribution in [2.75, 3.05) is 5.75 Å². The molecule has 0 saturated carbocycles. The zero-order valence-corrected chi connectivity index (χ0v) is 13.5. The van der Waals surface area contributed by atoms with Gasteiger partial charge >= 0.3 is 0 Å². The number of aliphatic hydroxyl groups excluding tert-OH is 1. The van der Waals surface area contributed by atoms with Crippen LogP contribution >= 0.6 is 38.5 Å². The van der Waals surface area contributed by atoms with E-state index >= 15 is 0 Å². The van der Waals surface area contributed by atoms with E-state index in [2.05, 4.69) is 15.9 Å². The van der Waals surface area contributed by atoms with Gasteiger partial charge < -0.3 is 5.11 Å². The van der Waals surface area contributed by atoms with Crippen LogP contribution in [0.3, 0.4) is 0 Å². The second kappa shape index (κ2) is 5.50. The van der Waals surface area contributed by atoms with Crippen molar-refractivity contribution >= 4 is 48.4 Å². The molecule has 0 bridgehead atoms. The highest BCUT2D eigenvalue weighted by Gasteiger charge is 2.45. The monoisotopic (exact) mass is 436 g/mol. The first kappa shape index (κ1) is 15.3. The lowest BCUT2D eigenvalue weighted by Gasteiger charge is -2.26. The molecule has 0 fully saturated rings. The lowest BCUT2D eigenvalue weighted by molar-refractivity contribution is 0.191. The van der Waals surface area contributed by atoms with Crippen molar-refractivity contribution in [3.8, 4) is 0 Å². The maximum absolute atomic E-state index is 12.7. The molecule has 7 heteroatoms. The number of alkyl halides is 2. The Morgan fingerprint density at radius 3 is 2.35 bits per heavy atom. The average molecular weight is 437 g/mol. The van der Waals surface area contributed by atoms with Gasteiger partial charge in [-0.2, -0.15) is 0 Å². The van der Waals surface area contributed by atoms with E-state index in [1.54, 1.807) is 22.6 Å². The Bertz CT molecular complexity index is 487. The van der Waals surface area contributed by atoms with Gasteiger partial charge in [0.2, 0.25) is 1.66 Å². The van der Waals surface area contributed by atoms with E-state index in [-0.39, 0.29) is 5.75 Å². The lowest BCUT2D eigenvalue weighted by Crippen LogP contribution is -2.33. The first-order valence-corrected chi connectivity index (χ1v) is 8.28. The minimum absolute atomic E-state index is 0.0978. The van der Waals surface area contributed by atoms with E-state index in [1.165, 1.54) is 31.2 Å². The quantitative estimate of drug-likeness (QED) is 0.583. The van der Waals surface area contributed by atoms with Crippen LogP contribution in [0.1, 0.15) is 18.6 Å². The summed E-state index contributed by atoms with van der Waals surface area (Å²) in [5.41, 5.74) is 0.342. The normalized spacial score (nSPS) is 17.5. The highest BCUT2D eigenvalue weighted by molar-refractivity contribution is 14.1. The van der Waals surface area contributed by atoms with Crippen molar-refractivity contribution in [3.05, 3.63) is 35.6 Å². The molecule has 0 spiro atoms. The Labute approximate surface area is 122 Å². The molecule has 1 aromatic carbocycles. The Morgan fingerprint density at radius 1 is 1.47 bits per heavy atom. The second-order valence-electron chi connectivity index (χ2n) is 3.42. The molecule has 1 aromatic rings. The topological polar surface area (TPSA) is 54.4 Å². The van der Waals surface area contributed by atoms with Gasteiger partial charge in [-0.3, -0.25) is 0 Å². The van der Waals surface area contributed by atoms with Crippen LogP contribution in [-0.4, -0.2) is 20.9 Å². The largest absolute Gasteiger partial charge is 0.385 e. The number of benzene rings is 1. The summed E-state index contributed by atoms with van der Waals surface area (Å²) >= 11 is 4.68. The van der Waals surface area contributed by atoms with Gasteiger partial charge in [-0.25, -0.2) is 12.8 Å². The van der Waals surface area contributed by atoms with Gasteiger partial charge in [0.15, 0.2) is 9.84 Å². The fraction of sp³-hybridized carbons (Fsp3) is 0.400. The van der Waals surface area contributed by atoms with Crippen LogP contribution in [0.15, 0.2) is 24.3 Å². The summed E-state index contributed by atoms with van der Waals surface area (Å²) in [7, 11) is -3.50. The fourth-order valence-electron chi connectivity index (χ4n) is 1.20. The SMILES string of the molecule is CCS(=O)(=O)C(Br)(I)C(O)c1ccc(F)cc1. The summed E-state index contributed by atoms with van der Waals surface area (Å²) in [4.78, 5) is 0. The van der Waals surface area contributed by atoms with Crippen molar-refractivity contribution in [1.82, 2.24) is 0 Å². The van der Waals surface area contributed by atoms with E-state index in [0.717, 1.165) is 0 Å². The summed E-state index contributed by atoms with van der Waals surface area (Å²) in [6.45, 7) is 1.50. The van der Waals surface area contributed by atoms with Crippen molar-refractivity contribution in [2.45, 2.75) is 14.7 Å². The predicted octanol–water partition coefficient (Wildman–Crippen LogP) is 2.78. The molecule has 0 aliphatic heterocycles. The molecule has 0 amide bonds. The number of halogens is 3. The molecule has 0 aliphatic carbocycles. The maximum Gasteiger partial charge on any atom is 0.207 e. The van der Waals surface area contributed by atoms with Crippen LogP contribution in [0.25, 0.3) is 0 Å². The molecule has 2 atom stereocenters. The molecule has 0 saturated heterocycles. The molecule has 0 aromatic heterocycles. The van der Waals surface area contributed by atoms with Crippen LogP contribution in [0.4, 0.5) is 4.39 Å². The average Bonchev–Trinajstić information content (AvgIpc) is 2.28. The van der Waals surface area contributed by atoms with Gasteiger partial charge in [-0.15, -0.1) is 0 Å². The zero-order chi connectivity index (χ0) is 13.3. The van der Waals surface area contributed by atoms with Gasteiger partial charge in [-0.05, 0) is 40.3 Å². The Morgan fingerprint density at radius 2 is 1.94 bits per heavy atom. The van der Waals surface area contributed by atoms with E-state index < -0.39 is 23.4 Å². The molecule has 0 aliphatic rings. The number of aliphatic hydroxyl groups is 1. The number of sulfone groups is 1. The highest BCUT2D eigenvalue weighted by atomic mass is 127. The summed E-state index contributed by atoms with van der Waals surface area (Å²) in [6, 6.07) is 5.08. The Kier molecular flexibility index (Phi) is 4.96. The first-order chi connectivity index (χ1) is 7.72. The van der Waals surface area contributed by atoms with Crippen molar-refractivity contribution < 1.29 is 17.9 Å². The van der Waals surface area contributed by atoms with Gasteiger partial charge in [0, 0.05) is 5.75 Å². The summed E-state index contributed by atoms with van der Waals surface area (Å²) in [5, 5.41) is 10.0. The molecule has 1 N–H and O–H groups in total. The summed E-state index contributed by atoms with van der Waals surface area (Å²) < 4.78 is 34.9. The third-order valence-electron chi connectivity index (χ3n) is 2.30. The number of rotatable bonds is 4. The molecule has 0 radical (unpaired) electrons. The summed E-state index contributed by atoms with van der Waals surface area (Å²) in [5.74, 6) is -0.535. The van der Waals surface area contributed by atoms with Crippen LogP contribution < -0.4 is 0 Å². The van der Waals surface area contributed by atoms with Gasteiger partial charge in [0.1, 0.15) is 11.9 Å². The van der Waals surface area contributed by atoms with Crippen molar-refractivity contribution in [3.63, 3.8) is 0 Å². The molecule has 2 unspecified atom stereocenters. The lowest BCUT2D eigenvalue weighted by atomic mass is 10.1. The van der Waals surface area contributed by atoms with E-state index in [9.17, 15) is 17.9 Å². The maximum atomic E-state index is 12.7. The Hall–Kier alpha value is 0.270. The van der Waals surface area contributed by atoms with Crippen molar-refractivity contribution in [1.29, 1.82) is 0 Å². The van der Waals surface area contributed by atoms with Crippen LogP contribution in [0.5, 0.6) is 0 Å². The van der Waals surface area contributed by atoms with Crippen LogP contribution in [-0.2, 0) is 9.84 Å². The van der Waals surface area contributed by atoms with Crippen molar-refractivity contribution in [2.24, 2.45) is 0 Å². The first-order valence-electron chi connectivity index (χ1n) is 4.76. The second-order valence-corrected chi connectivity index (χ2v) is 11.6. The standard InChI is InChI=1S/C10H11BrFIO3S/c1-2-17(15,16)10(11,13)9(14)7-3-5-8(12)6-4-7/h3-6,9,14H,2H2,1H3. The molecular weight excluding hydrogens is 426 g/mol. The molecular formula is C10H11BrFIO3S. The van der Waals surface area contributed by atoms with Gasteiger partial charge in [0.25, 0.3) is 0 Å². The predicted molar refractivity (Wildman–Crippen MR) is 76.5 cm³/mol. The minimum Gasteiger partial charge on any atom is -0.385 e. The molecule has 96 valence electrons. The number of hydrogen-bond donors (Lipinski definition) is 1. The number of hydrogen-bond acceptors (Lipinski definition) is 3. The van der Waals surface area contributed by atoms with E-state index in [1.807, 2.05) is 0 Å². The molecule has 17 heavy (non-hydrogen) atoms. The minimum atomic E-state index is -3.50. The molecule has 1 rings (SSSR count). The van der Waals surface area contributed by atoms with Gasteiger partial charge in [0.05, 0.1) is 0 Å². The Balaban J connectivity index is 3.12. The molecule has 3 nitrogen and oxygen atoms in total. The van der Waals surface area contributed by atoms with Crippen LogP contribution in [0.2, 0.25) is 0 Å². The smallest absolute Gasteiger partial charge is 0.207 e. The summed E-state index contributed by atoms with van der Waals surface area (Å²) in [6.07, 6.45) is -1.27. The zero-order valence-electron chi connectivity index (χ0n) is 8.90. The third-order valence-corrected chi connectivity index (χ3v) is 8.63. The molecule has 0 heterocycles.